The third-order valence-electron chi connectivity index (χ3n) is 16.9. The van der Waals surface area contributed by atoms with E-state index in [4.69, 9.17) is 0 Å². The Bertz CT molecular complexity index is 4650. The van der Waals surface area contributed by atoms with Gasteiger partial charge in [-0.2, -0.15) is 0 Å². The van der Waals surface area contributed by atoms with E-state index in [-0.39, 0.29) is 10.8 Å². The molecular formula is C78H60N2. The average Bonchev–Trinajstić information content (AvgIpc) is 4.18. The SMILES string of the molecule is CC(C)(C)c1c2cc3c(-c4ccccc4)c(-c4ccccc4)n(-c4ccc5cc6ccccc6cc5c4)c3cc2c(C(C)(C)C)c2cc3c(-c4ccccc4)c(-c4ccccc4)n(-c4ccc5cc6ccccc6cc5c4)c3cc12. The molecule has 0 spiro atoms. The molecule has 382 valence electrons. The lowest BCUT2D eigenvalue weighted by Gasteiger charge is -2.31. The van der Waals surface area contributed by atoms with Gasteiger partial charge in [0.25, 0.3) is 0 Å². The Morgan fingerprint density at radius 3 is 0.863 bits per heavy atom. The number of benzene rings is 13. The summed E-state index contributed by atoms with van der Waals surface area (Å²) in [5, 5.41) is 17.5. The molecule has 15 aromatic rings. The second-order valence-corrected chi connectivity index (χ2v) is 24.1. The van der Waals surface area contributed by atoms with Crippen LogP contribution in [0.25, 0.3) is 143 Å². The number of aromatic nitrogens is 2. The minimum Gasteiger partial charge on any atom is -0.309 e. The molecule has 0 amide bonds. The molecule has 2 heterocycles. The molecule has 2 aromatic heterocycles. The van der Waals surface area contributed by atoms with Crippen LogP contribution in [0.5, 0.6) is 0 Å². The van der Waals surface area contributed by atoms with Gasteiger partial charge in [0.05, 0.1) is 22.4 Å². The summed E-state index contributed by atoms with van der Waals surface area (Å²) in [5.74, 6) is 0. The van der Waals surface area contributed by atoms with Gasteiger partial charge in [0.2, 0.25) is 0 Å². The number of hydrogen-bond acceptors (Lipinski definition) is 0. The molecule has 0 unspecified atom stereocenters. The predicted octanol–water partition coefficient (Wildman–Crippen LogP) is 21.8. The Morgan fingerprint density at radius 2 is 0.525 bits per heavy atom. The molecule has 0 atom stereocenters. The lowest BCUT2D eigenvalue weighted by atomic mass is 9.73. The van der Waals surface area contributed by atoms with Crippen LogP contribution in [0.1, 0.15) is 52.7 Å². The molecular weight excluding hydrogens is 965 g/mol. The van der Waals surface area contributed by atoms with Crippen LogP contribution in [0.3, 0.4) is 0 Å². The van der Waals surface area contributed by atoms with Gasteiger partial charge in [-0.1, -0.05) is 224 Å². The van der Waals surface area contributed by atoms with Crippen molar-refractivity contribution in [1.82, 2.24) is 9.13 Å². The highest BCUT2D eigenvalue weighted by atomic mass is 15.0. The lowest BCUT2D eigenvalue weighted by Crippen LogP contribution is -2.17. The van der Waals surface area contributed by atoms with Crippen molar-refractivity contribution in [2.45, 2.75) is 52.4 Å². The van der Waals surface area contributed by atoms with Crippen molar-refractivity contribution in [3.05, 3.63) is 266 Å². The molecule has 0 radical (unpaired) electrons. The van der Waals surface area contributed by atoms with Crippen molar-refractivity contribution in [2.24, 2.45) is 0 Å². The van der Waals surface area contributed by atoms with Crippen LogP contribution < -0.4 is 0 Å². The van der Waals surface area contributed by atoms with Gasteiger partial charge in [-0.25, -0.2) is 0 Å². The van der Waals surface area contributed by atoms with E-state index in [2.05, 4.69) is 305 Å². The molecule has 0 aliphatic carbocycles. The summed E-state index contributed by atoms with van der Waals surface area (Å²) in [6.07, 6.45) is 0. The van der Waals surface area contributed by atoms with Crippen molar-refractivity contribution in [3.63, 3.8) is 0 Å². The summed E-state index contributed by atoms with van der Waals surface area (Å²) in [6.45, 7) is 14.5. The summed E-state index contributed by atoms with van der Waals surface area (Å²) in [5.41, 5.74) is 16.4. The van der Waals surface area contributed by atoms with E-state index >= 15 is 0 Å². The van der Waals surface area contributed by atoms with Crippen LogP contribution in [0.4, 0.5) is 0 Å². The molecule has 13 aromatic carbocycles. The minimum absolute atomic E-state index is 0.265. The van der Waals surface area contributed by atoms with Crippen LogP contribution in [0.15, 0.2) is 255 Å². The smallest absolute Gasteiger partial charge is 0.0619 e. The normalized spacial score (nSPS) is 12.4. The Labute approximate surface area is 467 Å². The van der Waals surface area contributed by atoms with Crippen molar-refractivity contribution in [1.29, 1.82) is 0 Å². The first-order valence-corrected chi connectivity index (χ1v) is 28.2. The fraction of sp³-hybridized carbons (Fsp3) is 0.103. The van der Waals surface area contributed by atoms with Gasteiger partial charge in [-0.15, -0.1) is 0 Å². The van der Waals surface area contributed by atoms with E-state index < -0.39 is 0 Å². The Balaban J connectivity index is 1.12. The second-order valence-electron chi connectivity index (χ2n) is 24.1. The average molecular weight is 1030 g/mol. The van der Waals surface area contributed by atoms with Gasteiger partial charge in [0.1, 0.15) is 0 Å². The Hall–Kier alpha value is -9.50. The maximum atomic E-state index is 2.58. The highest BCUT2D eigenvalue weighted by Crippen LogP contribution is 2.52. The van der Waals surface area contributed by atoms with Crippen LogP contribution >= 0.6 is 0 Å². The van der Waals surface area contributed by atoms with Gasteiger partial charge < -0.3 is 9.13 Å². The van der Waals surface area contributed by atoms with Crippen molar-refractivity contribution < 1.29 is 0 Å². The molecule has 15 rings (SSSR count). The van der Waals surface area contributed by atoms with E-state index in [9.17, 15) is 0 Å². The third-order valence-corrected chi connectivity index (χ3v) is 16.9. The predicted molar refractivity (Wildman–Crippen MR) is 344 cm³/mol. The summed E-state index contributed by atoms with van der Waals surface area (Å²) in [4.78, 5) is 0. The highest BCUT2D eigenvalue weighted by molar-refractivity contribution is 6.20. The zero-order valence-corrected chi connectivity index (χ0v) is 46.1. The number of rotatable bonds is 6. The molecule has 0 saturated heterocycles. The molecule has 2 heteroatoms. The summed E-state index contributed by atoms with van der Waals surface area (Å²) in [6, 6.07) is 95.6. The molecule has 0 aliphatic rings. The van der Waals surface area contributed by atoms with E-state index in [1.165, 1.54) is 142 Å². The number of fused-ring (bicyclic) bond motifs is 8. The van der Waals surface area contributed by atoms with Crippen LogP contribution in [0, 0.1) is 0 Å². The maximum absolute atomic E-state index is 2.58. The third kappa shape index (κ3) is 7.61. The van der Waals surface area contributed by atoms with Crippen molar-refractivity contribution >= 4 is 86.4 Å². The molecule has 2 nitrogen and oxygen atoms in total. The van der Waals surface area contributed by atoms with Gasteiger partial charge in [-0.3, -0.25) is 0 Å². The monoisotopic (exact) mass is 1020 g/mol. The zero-order chi connectivity index (χ0) is 54.0. The Kier molecular flexibility index (Phi) is 10.7. The summed E-state index contributed by atoms with van der Waals surface area (Å²) >= 11 is 0. The molecule has 0 saturated carbocycles. The molecule has 0 fully saturated rings. The van der Waals surface area contributed by atoms with Crippen molar-refractivity contribution in [3.8, 4) is 56.1 Å². The fourth-order valence-corrected chi connectivity index (χ4v) is 13.6. The largest absolute Gasteiger partial charge is 0.309 e. The van der Waals surface area contributed by atoms with E-state index in [1.807, 2.05) is 0 Å². The molecule has 0 aliphatic heterocycles. The second kappa shape index (κ2) is 18.0. The first-order chi connectivity index (χ1) is 38.9. The van der Waals surface area contributed by atoms with E-state index in [1.54, 1.807) is 0 Å². The highest BCUT2D eigenvalue weighted by Gasteiger charge is 2.32. The van der Waals surface area contributed by atoms with Gasteiger partial charge >= 0.3 is 0 Å². The number of nitrogens with zero attached hydrogens (tertiary/aromatic N) is 2. The van der Waals surface area contributed by atoms with Crippen molar-refractivity contribution in [2.75, 3.05) is 0 Å². The van der Waals surface area contributed by atoms with Crippen LogP contribution in [0.2, 0.25) is 0 Å². The summed E-state index contributed by atoms with van der Waals surface area (Å²) in [7, 11) is 0. The minimum atomic E-state index is -0.265. The summed E-state index contributed by atoms with van der Waals surface area (Å²) < 4.78 is 5.15. The van der Waals surface area contributed by atoms with Crippen LogP contribution in [-0.4, -0.2) is 9.13 Å². The fourth-order valence-electron chi connectivity index (χ4n) is 13.6. The van der Waals surface area contributed by atoms with E-state index in [0.29, 0.717) is 0 Å². The van der Waals surface area contributed by atoms with Crippen LogP contribution in [-0.2, 0) is 10.8 Å². The number of hydrogen-bond donors (Lipinski definition) is 0. The quantitative estimate of drug-likeness (QED) is 0.147. The van der Waals surface area contributed by atoms with Gasteiger partial charge in [-0.05, 0) is 182 Å². The molecule has 0 N–H and O–H groups in total. The molecule has 0 bridgehead atoms. The lowest BCUT2D eigenvalue weighted by molar-refractivity contribution is 0.593. The Morgan fingerprint density at radius 1 is 0.237 bits per heavy atom. The van der Waals surface area contributed by atoms with Gasteiger partial charge in [0, 0.05) is 33.3 Å². The maximum Gasteiger partial charge on any atom is 0.0619 e. The zero-order valence-electron chi connectivity index (χ0n) is 46.1. The first kappa shape index (κ1) is 47.7. The molecule has 80 heavy (non-hydrogen) atoms. The van der Waals surface area contributed by atoms with Gasteiger partial charge in [0.15, 0.2) is 0 Å². The first-order valence-electron chi connectivity index (χ1n) is 28.2. The topological polar surface area (TPSA) is 9.86 Å². The van der Waals surface area contributed by atoms with E-state index in [0.717, 1.165) is 11.4 Å². The standard InChI is InChI=1S/C78H60N2/c1-77(2,3)73-63-45-67-70(80(62-38-36-58-40-54-32-20-22-34-56(54)42-60(58)44-62)75(51-27-15-9-16-28-51)71(67)49-23-11-7-12-24-49)48-66(63)74(78(4,5)6)64-46-68-69(47-65(64)73)79(61-37-35-57-39-53-31-19-21-33-55(53)41-59(57)43-61)76(52-29-17-10-18-30-52)72(68)50-25-13-8-14-26-50/h7-48H,1-6H3.